The van der Waals surface area contributed by atoms with E-state index in [-0.39, 0.29) is 5.91 Å². The summed E-state index contributed by atoms with van der Waals surface area (Å²) in [6, 6.07) is 5.67. The van der Waals surface area contributed by atoms with Gasteiger partial charge in [-0.25, -0.2) is 15.0 Å². The summed E-state index contributed by atoms with van der Waals surface area (Å²) < 4.78 is 0. The van der Waals surface area contributed by atoms with Crippen LogP contribution in [0.3, 0.4) is 0 Å². The third-order valence-electron chi connectivity index (χ3n) is 4.17. The average Bonchev–Trinajstić information content (AvgIpc) is 2.65. The quantitative estimate of drug-likeness (QED) is 0.841. The number of nitrogens with zero attached hydrogens (tertiary/aromatic N) is 4. The Hall–Kier alpha value is -2.70. The summed E-state index contributed by atoms with van der Waals surface area (Å²) in [6.45, 7) is 4.56. The van der Waals surface area contributed by atoms with Crippen LogP contribution in [0, 0.1) is 6.92 Å². The number of amides is 1. The Kier molecular flexibility index (Phi) is 5.77. The van der Waals surface area contributed by atoms with E-state index < -0.39 is 0 Å². The molecule has 0 radical (unpaired) electrons. The molecule has 1 aliphatic heterocycles. The van der Waals surface area contributed by atoms with E-state index in [1.807, 2.05) is 19.1 Å². The molecule has 0 spiro atoms. The third kappa shape index (κ3) is 5.14. The zero-order valence-electron chi connectivity index (χ0n) is 14.5. The first-order valence-electron chi connectivity index (χ1n) is 8.74. The van der Waals surface area contributed by atoms with Gasteiger partial charge in [0.05, 0.1) is 0 Å². The molecule has 1 saturated heterocycles. The lowest BCUT2D eigenvalue weighted by Crippen LogP contribution is -2.30. The molecule has 3 heterocycles. The van der Waals surface area contributed by atoms with Crippen LogP contribution in [0.25, 0.3) is 0 Å². The molecule has 132 valence electrons. The van der Waals surface area contributed by atoms with Crippen LogP contribution in [0.4, 0.5) is 17.5 Å². The molecule has 0 atom stereocenters. The molecule has 0 aliphatic carbocycles. The van der Waals surface area contributed by atoms with Crippen molar-refractivity contribution < 1.29 is 4.79 Å². The lowest BCUT2D eigenvalue weighted by molar-refractivity contribution is -0.116. The molecule has 2 aromatic rings. The molecular weight excluding hydrogens is 316 g/mol. The van der Waals surface area contributed by atoms with Crippen molar-refractivity contribution >= 4 is 23.4 Å². The molecule has 0 bridgehead atoms. The number of carbonyl (C=O) groups is 1. The van der Waals surface area contributed by atoms with Crippen molar-refractivity contribution in [2.45, 2.75) is 32.6 Å². The molecule has 0 unspecified atom stereocenters. The van der Waals surface area contributed by atoms with E-state index in [0.29, 0.717) is 18.8 Å². The monoisotopic (exact) mass is 340 g/mol. The van der Waals surface area contributed by atoms with Crippen molar-refractivity contribution in [3.8, 4) is 0 Å². The van der Waals surface area contributed by atoms with E-state index in [1.165, 1.54) is 19.3 Å². The Morgan fingerprint density at radius 2 is 1.96 bits per heavy atom. The number of aryl methyl sites for hydroxylation is 1. The van der Waals surface area contributed by atoms with Gasteiger partial charge < -0.3 is 15.5 Å². The first kappa shape index (κ1) is 17.1. The average molecular weight is 340 g/mol. The fourth-order valence-electron chi connectivity index (χ4n) is 2.79. The molecule has 2 N–H and O–H groups in total. The van der Waals surface area contributed by atoms with Crippen LogP contribution >= 0.6 is 0 Å². The highest BCUT2D eigenvalue weighted by Gasteiger charge is 2.12. The molecule has 25 heavy (non-hydrogen) atoms. The first-order valence-corrected chi connectivity index (χ1v) is 8.74. The zero-order valence-corrected chi connectivity index (χ0v) is 14.5. The molecule has 1 aliphatic rings. The fraction of sp³-hybridized carbons (Fsp3) is 0.444. The third-order valence-corrected chi connectivity index (χ3v) is 4.17. The topological polar surface area (TPSA) is 83.0 Å². The number of rotatable bonds is 6. The summed E-state index contributed by atoms with van der Waals surface area (Å²) in [5.74, 6) is 2.20. The molecule has 2 aromatic heterocycles. The number of hydrogen-bond donors (Lipinski definition) is 2. The number of aromatic nitrogens is 3. The molecule has 7 heteroatoms. The van der Waals surface area contributed by atoms with Gasteiger partial charge in [-0.1, -0.05) is 6.07 Å². The van der Waals surface area contributed by atoms with Gasteiger partial charge in [-0.2, -0.15) is 0 Å². The molecule has 0 saturated carbocycles. The van der Waals surface area contributed by atoms with Crippen molar-refractivity contribution in [2.75, 3.05) is 35.2 Å². The second-order valence-electron chi connectivity index (χ2n) is 6.25. The van der Waals surface area contributed by atoms with Crippen LogP contribution in [-0.4, -0.2) is 40.5 Å². The Balaban J connectivity index is 1.46. The van der Waals surface area contributed by atoms with Gasteiger partial charge in [0.15, 0.2) is 0 Å². The predicted molar refractivity (Wildman–Crippen MR) is 98.8 cm³/mol. The normalized spacial score (nSPS) is 14.2. The summed E-state index contributed by atoms with van der Waals surface area (Å²) in [4.78, 5) is 27.0. The minimum absolute atomic E-state index is 0.0748. The van der Waals surface area contributed by atoms with E-state index in [4.69, 9.17) is 0 Å². The van der Waals surface area contributed by atoms with Crippen LogP contribution in [0.1, 0.15) is 31.2 Å². The summed E-state index contributed by atoms with van der Waals surface area (Å²) >= 11 is 0. The smallest absolute Gasteiger partial charge is 0.227 e. The van der Waals surface area contributed by atoms with Gasteiger partial charge in [0.25, 0.3) is 0 Å². The summed E-state index contributed by atoms with van der Waals surface area (Å²) in [5, 5.41) is 5.98. The molecule has 1 amide bonds. The van der Waals surface area contributed by atoms with E-state index in [0.717, 1.165) is 30.3 Å². The van der Waals surface area contributed by atoms with Gasteiger partial charge >= 0.3 is 0 Å². The Morgan fingerprint density at radius 3 is 2.72 bits per heavy atom. The minimum Gasteiger partial charge on any atom is -0.369 e. The lowest BCUT2D eigenvalue weighted by Gasteiger charge is -2.27. The van der Waals surface area contributed by atoms with Gasteiger partial charge in [-0.3, -0.25) is 4.79 Å². The fourth-order valence-corrected chi connectivity index (χ4v) is 2.79. The molecule has 7 nitrogen and oxygen atoms in total. The van der Waals surface area contributed by atoms with Crippen LogP contribution in [-0.2, 0) is 4.79 Å². The van der Waals surface area contributed by atoms with Gasteiger partial charge in [-0.05, 0) is 37.8 Å². The number of piperidine rings is 1. The van der Waals surface area contributed by atoms with Gasteiger partial charge in [-0.15, -0.1) is 0 Å². The zero-order chi connectivity index (χ0) is 17.5. The lowest BCUT2D eigenvalue weighted by atomic mass is 10.1. The summed E-state index contributed by atoms with van der Waals surface area (Å²) in [5.41, 5.74) is 1.06. The molecule has 3 rings (SSSR count). The van der Waals surface area contributed by atoms with Gasteiger partial charge in [0.1, 0.15) is 23.8 Å². The van der Waals surface area contributed by atoms with Crippen molar-refractivity contribution in [1.29, 1.82) is 0 Å². The van der Waals surface area contributed by atoms with Gasteiger partial charge in [0.2, 0.25) is 5.91 Å². The Bertz CT molecular complexity index is 697. The van der Waals surface area contributed by atoms with Crippen LogP contribution < -0.4 is 15.5 Å². The summed E-state index contributed by atoms with van der Waals surface area (Å²) in [7, 11) is 0. The predicted octanol–water partition coefficient (Wildman–Crippen LogP) is 2.61. The maximum atomic E-state index is 12.0. The molecule has 1 fully saturated rings. The Labute approximate surface area is 147 Å². The van der Waals surface area contributed by atoms with E-state index >= 15 is 0 Å². The summed E-state index contributed by atoms with van der Waals surface area (Å²) in [6.07, 6.45) is 7.36. The highest BCUT2D eigenvalue weighted by molar-refractivity contribution is 5.90. The SMILES string of the molecule is Cc1ccc(NC(=O)CCNc2cc(N3CCCCC3)ncn2)nc1. The van der Waals surface area contributed by atoms with E-state index in [1.54, 1.807) is 18.6 Å². The van der Waals surface area contributed by atoms with E-state index in [9.17, 15) is 4.79 Å². The molecular formula is C18H24N6O. The van der Waals surface area contributed by atoms with Crippen LogP contribution in [0.2, 0.25) is 0 Å². The largest absolute Gasteiger partial charge is 0.369 e. The molecule has 0 aromatic carbocycles. The van der Waals surface area contributed by atoms with Crippen molar-refractivity contribution in [1.82, 2.24) is 15.0 Å². The number of nitrogens with one attached hydrogen (secondary N) is 2. The maximum Gasteiger partial charge on any atom is 0.227 e. The maximum absolute atomic E-state index is 12.0. The number of pyridine rings is 1. The standard InChI is InChI=1S/C18H24N6O/c1-14-5-6-15(20-12-14)23-18(25)7-8-19-16-11-17(22-13-21-16)24-9-3-2-4-10-24/h5-6,11-13H,2-4,7-10H2,1H3,(H,19,21,22)(H,20,23,25). The first-order chi connectivity index (χ1) is 12.2. The van der Waals surface area contributed by atoms with E-state index in [2.05, 4.69) is 30.5 Å². The highest BCUT2D eigenvalue weighted by atomic mass is 16.1. The van der Waals surface area contributed by atoms with Crippen molar-refractivity contribution in [3.05, 3.63) is 36.3 Å². The minimum atomic E-state index is -0.0748. The van der Waals surface area contributed by atoms with Crippen molar-refractivity contribution in [2.24, 2.45) is 0 Å². The number of hydrogen-bond acceptors (Lipinski definition) is 6. The second-order valence-corrected chi connectivity index (χ2v) is 6.25. The second kappa shape index (κ2) is 8.41. The Morgan fingerprint density at radius 1 is 1.12 bits per heavy atom. The number of anilines is 3. The van der Waals surface area contributed by atoms with Crippen molar-refractivity contribution in [3.63, 3.8) is 0 Å². The number of carbonyl (C=O) groups excluding carboxylic acids is 1. The van der Waals surface area contributed by atoms with Crippen LogP contribution in [0.15, 0.2) is 30.7 Å². The van der Waals surface area contributed by atoms with Gasteiger partial charge in [0, 0.05) is 38.3 Å². The highest BCUT2D eigenvalue weighted by Crippen LogP contribution is 2.19. The van der Waals surface area contributed by atoms with Crippen LogP contribution in [0.5, 0.6) is 0 Å².